The summed E-state index contributed by atoms with van der Waals surface area (Å²) in [5.74, 6) is 0. The molecular formula is C14H21BrClNO3. The molecule has 0 aromatic heterocycles. The number of benzene rings is 1. The number of ether oxygens (including phenoxy) is 1. The number of aliphatic hydroxyl groups excluding tert-OH is 2. The second kappa shape index (κ2) is 9.71. The smallest absolute Gasteiger partial charge is 0.0816 e. The first-order valence-electron chi connectivity index (χ1n) is 6.53. The molecule has 4 nitrogen and oxygen atoms in total. The van der Waals surface area contributed by atoms with Gasteiger partial charge in [0.2, 0.25) is 0 Å². The summed E-state index contributed by atoms with van der Waals surface area (Å²) in [6, 6.07) is 5.46. The van der Waals surface area contributed by atoms with Gasteiger partial charge in [-0.3, -0.25) is 4.90 Å². The van der Waals surface area contributed by atoms with Crippen molar-refractivity contribution in [2.45, 2.75) is 12.5 Å². The van der Waals surface area contributed by atoms with Gasteiger partial charge in [-0.25, -0.2) is 0 Å². The Labute approximate surface area is 133 Å². The number of aliphatic hydroxyl groups is 2. The topological polar surface area (TPSA) is 52.9 Å². The van der Waals surface area contributed by atoms with Gasteiger partial charge in [-0.15, -0.1) is 0 Å². The zero-order chi connectivity index (χ0) is 15.0. The minimum atomic E-state index is -0.612. The Hall–Kier alpha value is -0.170. The van der Waals surface area contributed by atoms with Crippen LogP contribution in [0.3, 0.4) is 0 Å². The first-order valence-corrected chi connectivity index (χ1v) is 7.70. The molecule has 1 aromatic carbocycles. The number of methoxy groups -OCH3 is 1. The van der Waals surface area contributed by atoms with Gasteiger partial charge in [0.1, 0.15) is 0 Å². The number of nitrogens with zero attached hydrogens (tertiary/aromatic N) is 1. The van der Waals surface area contributed by atoms with Gasteiger partial charge in [0.25, 0.3) is 0 Å². The van der Waals surface area contributed by atoms with Gasteiger partial charge in [0, 0.05) is 36.2 Å². The van der Waals surface area contributed by atoms with E-state index in [9.17, 15) is 5.11 Å². The molecule has 0 saturated heterocycles. The van der Waals surface area contributed by atoms with Crippen LogP contribution in [-0.2, 0) is 4.74 Å². The number of halogens is 2. The quantitative estimate of drug-likeness (QED) is 0.705. The van der Waals surface area contributed by atoms with Crippen molar-refractivity contribution in [1.82, 2.24) is 4.90 Å². The largest absolute Gasteiger partial charge is 0.395 e. The molecule has 0 amide bonds. The van der Waals surface area contributed by atoms with Crippen LogP contribution in [0.15, 0.2) is 22.7 Å². The molecule has 0 bridgehead atoms. The number of rotatable bonds is 9. The Kier molecular flexibility index (Phi) is 8.68. The molecule has 0 spiro atoms. The molecule has 1 atom stereocenters. The van der Waals surface area contributed by atoms with Crippen LogP contribution in [0.5, 0.6) is 0 Å². The van der Waals surface area contributed by atoms with E-state index in [0.717, 1.165) is 16.6 Å². The second-order valence-corrected chi connectivity index (χ2v) is 5.85. The summed E-state index contributed by atoms with van der Waals surface area (Å²) in [6.45, 7) is 2.69. The van der Waals surface area contributed by atoms with E-state index in [-0.39, 0.29) is 6.61 Å². The van der Waals surface area contributed by atoms with Crippen LogP contribution >= 0.6 is 27.5 Å². The molecule has 1 rings (SSSR count). The van der Waals surface area contributed by atoms with E-state index in [1.165, 1.54) is 0 Å². The SMILES string of the molecule is COCCN(CCO)CCC(O)c1ccc(Br)cc1Cl. The third-order valence-corrected chi connectivity index (χ3v) is 3.89. The van der Waals surface area contributed by atoms with Crippen molar-refractivity contribution < 1.29 is 14.9 Å². The highest BCUT2D eigenvalue weighted by Crippen LogP contribution is 2.28. The fourth-order valence-corrected chi connectivity index (χ4v) is 2.73. The van der Waals surface area contributed by atoms with E-state index < -0.39 is 6.10 Å². The Morgan fingerprint density at radius 3 is 2.70 bits per heavy atom. The van der Waals surface area contributed by atoms with E-state index in [0.29, 0.717) is 31.1 Å². The summed E-state index contributed by atoms with van der Waals surface area (Å²) in [6.07, 6.45) is -0.0511. The van der Waals surface area contributed by atoms with Crippen molar-refractivity contribution in [3.63, 3.8) is 0 Å². The predicted molar refractivity (Wildman–Crippen MR) is 84.1 cm³/mol. The molecule has 0 aliphatic rings. The van der Waals surface area contributed by atoms with Gasteiger partial charge in [-0.1, -0.05) is 33.6 Å². The standard InChI is InChI=1S/C14H21BrClNO3/c1-20-9-7-17(6-8-18)5-4-14(19)12-3-2-11(15)10-13(12)16/h2-3,10,14,18-19H,4-9H2,1H3. The fourth-order valence-electron chi connectivity index (χ4n) is 1.93. The highest BCUT2D eigenvalue weighted by molar-refractivity contribution is 9.10. The Morgan fingerprint density at radius 1 is 1.35 bits per heavy atom. The zero-order valence-corrected chi connectivity index (χ0v) is 13.9. The van der Waals surface area contributed by atoms with E-state index in [1.54, 1.807) is 13.2 Å². The molecule has 0 radical (unpaired) electrons. The van der Waals surface area contributed by atoms with Crippen molar-refractivity contribution in [3.8, 4) is 0 Å². The van der Waals surface area contributed by atoms with Crippen molar-refractivity contribution in [1.29, 1.82) is 0 Å². The molecule has 6 heteroatoms. The molecule has 114 valence electrons. The van der Waals surface area contributed by atoms with Crippen molar-refractivity contribution in [3.05, 3.63) is 33.3 Å². The van der Waals surface area contributed by atoms with Crippen LogP contribution < -0.4 is 0 Å². The summed E-state index contributed by atoms with van der Waals surface area (Å²) < 4.78 is 5.92. The Balaban J connectivity index is 2.53. The number of hydrogen-bond acceptors (Lipinski definition) is 4. The first kappa shape index (κ1) is 17.9. The molecule has 0 saturated carbocycles. The van der Waals surface area contributed by atoms with Gasteiger partial charge in [0.15, 0.2) is 0 Å². The average Bonchev–Trinajstić information content (AvgIpc) is 2.41. The molecule has 1 unspecified atom stereocenters. The lowest BCUT2D eigenvalue weighted by Crippen LogP contribution is -2.32. The van der Waals surface area contributed by atoms with Gasteiger partial charge in [-0.2, -0.15) is 0 Å². The molecule has 1 aromatic rings. The summed E-state index contributed by atoms with van der Waals surface area (Å²) in [5, 5.41) is 19.8. The van der Waals surface area contributed by atoms with Gasteiger partial charge >= 0.3 is 0 Å². The predicted octanol–water partition coefficient (Wildman–Crippen LogP) is 2.47. The molecule has 2 N–H and O–H groups in total. The van der Waals surface area contributed by atoms with Gasteiger partial charge in [0.05, 0.1) is 19.3 Å². The van der Waals surface area contributed by atoms with E-state index >= 15 is 0 Å². The third-order valence-electron chi connectivity index (χ3n) is 3.07. The number of hydrogen-bond donors (Lipinski definition) is 2. The minimum Gasteiger partial charge on any atom is -0.395 e. The second-order valence-electron chi connectivity index (χ2n) is 4.53. The highest BCUT2D eigenvalue weighted by atomic mass is 79.9. The lowest BCUT2D eigenvalue weighted by atomic mass is 10.1. The van der Waals surface area contributed by atoms with Gasteiger partial charge < -0.3 is 14.9 Å². The van der Waals surface area contributed by atoms with Crippen molar-refractivity contribution in [2.75, 3.05) is 40.0 Å². The fraction of sp³-hybridized carbons (Fsp3) is 0.571. The molecular weight excluding hydrogens is 346 g/mol. The maximum Gasteiger partial charge on any atom is 0.0816 e. The first-order chi connectivity index (χ1) is 9.58. The minimum absolute atomic E-state index is 0.0961. The van der Waals surface area contributed by atoms with Crippen LogP contribution in [0.1, 0.15) is 18.1 Å². The lowest BCUT2D eigenvalue weighted by molar-refractivity contribution is 0.105. The monoisotopic (exact) mass is 365 g/mol. The van der Waals surface area contributed by atoms with Crippen LogP contribution in [0.25, 0.3) is 0 Å². The summed E-state index contributed by atoms with van der Waals surface area (Å²) in [4.78, 5) is 2.06. The molecule has 20 heavy (non-hydrogen) atoms. The van der Waals surface area contributed by atoms with E-state index in [2.05, 4.69) is 20.8 Å². The van der Waals surface area contributed by atoms with Crippen LogP contribution in [0.4, 0.5) is 0 Å². The molecule has 0 heterocycles. The lowest BCUT2D eigenvalue weighted by Gasteiger charge is -2.22. The van der Waals surface area contributed by atoms with Gasteiger partial charge in [-0.05, 0) is 24.1 Å². The van der Waals surface area contributed by atoms with Crippen molar-refractivity contribution in [2.24, 2.45) is 0 Å². The van der Waals surface area contributed by atoms with E-state index in [1.807, 2.05) is 12.1 Å². The van der Waals surface area contributed by atoms with E-state index in [4.69, 9.17) is 21.4 Å². The van der Waals surface area contributed by atoms with Crippen LogP contribution in [-0.4, -0.2) is 55.1 Å². The maximum atomic E-state index is 10.2. The highest BCUT2D eigenvalue weighted by Gasteiger charge is 2.14. The summed E-state index contributed by atoms with van der Waals surface area (Å²) in [5.41, 5.74) is 0.727. The zero-order valence-electron chi connectivity index (χ0n) is 11.6. The average molecular weight is 367 g/mol. The van der Waals surface area contributed by atoms with Crippen molar-refractivity contribution >= 4 is 27.5 Å². The maximum absolute atomic E-state index is 10.2. The van der Waals surface area contributed by atoms with Crippen LogP contribution in [0.2, 0.25) is 5.02 Å². The molecule has 0 fully saturated rings. The normalized spacial score (nSPS) is 12.9. The Bertz CT molecular complexity index is 406. The third kappa shape index (κ3) is 6.08. The Morgan fingerprint density at radius 2 is 2.10 bits per heavy atom. The molecule has 0 aliphatic carbocycles. The summed E-state index contributed by atoms with van der Waals surface area (Å²) >= 11 is 9.46. The van der Waals surface area contributed by atoms with Crippen LogP contribution in [0, 0.1) is 0 Å². The molecule has 0 aliphatic heterocycles. The summed E-state index contributed by atoms with van der Waals surface area (Å²) in [7, 11) is 1.65.